The summed E-state index contributed by atoms with van der Waals surface area (Å²) in [7, 11) is 0. The van der Waals surface area contributed by atoms with Crippen LogP contribution < -0.4 is 10.9 Å². The van der Waals surface area contributed by atoms with Gasteiger partial charge in [0.05, 0.1) is 23.6 Å². The molecule has 0 unspecified atom stereocenters. The molecule has 0 spiro atoms. The Labute approximate surface area is 186 Å². The van der Waals surface area contributed by atoms with Crippen molar-refractivity contribution in [1.82, 2.24) is 20.1 Å². The van der Waals surface area contributed by atoms with Gasteiger partial charge >= 0.3 is 0 Å². The molecule has 1 saturated carbocycles. The number of nitrogens with one attached hydrogen (secondary N) is 1. The Morgan fingerprint density at radius 1 is 1.25 bits per heavy atom. The first-order valence-corrected chi connectivity index (χ1v) is 10.3. The van der Waals surface area contributed by atoms with Gasteiger partial charge in [-0.3, -0.25) is 14.6 Å². The first-order chi connectivity index (χ1) is 15.3. The lowest BCUT2D eigenvalue weighted by Gasteiger charge is -2.34. The maximum Gasteiger partial charge on any atom is 0.284 e. The SMILES string of the molecule is O=C(N[C@@H]1CCCC(F)(F)[C@H]1O)c1cc(-c2ccc(Cl)cc2)nn(-c2cccnc2)c1=O. The van der Waals surface area contributed by atoms with E-state index >= 15 is 0 Å². The molecule has 3 aromatic rings. The zero-order valence-electron chi connectivity index (χ0n) is 16.7. The molecule has 1 aromatic carbocycles. The number of hydrogen-bond acceptors (Lipinski definition) is 5. The van der Waals surface area contributed by atoms with Crippen LogP contribution in [0.1, 0.15) is 29.6 Å². The van der Waals surface area contributed by atoms with Crippen LogP contribution in [0.3, 0.4) is 0 Å². The second-order valence-electron chi connectivity index (χ2n) is 7.56. The summed E-state index contributed by atoms with van der Waals surface area (Å²) in [6.07, 6.45) is 0.765. The van der Waals surface area contributed by atoms with Gasteiger partial charge in [-0.25, -0.2) is 8.78 Å². The Balaban J connectivity index is 1.77. The first kappa shape index (κ1) is 22.0. The number of carbonyl (C=O) groups is 1. The average molecular weight is 461 g/mol. The van der Waals surface area contributed by atoms with E-state index in [9.17, 15) is 23.5 Å². The van der Waals surface area contributed by atoms with Crippen molar-refractivity contribution in [3.8, 4) is 16.9 Å². The Bertz CT molecular complexity index is 1190. The Morgan fingerprint density at radius 2 is 2.00 bits per heavy atom. The number of aromatic nitrogens is 3. The van der Waals surface area contributed by atoms with Gasteiger partial charge < -0.3 is 10.4 Å². The van der Waals surface area contributed by atoms with Crippen LogP contribution in [0.5, 0.6) is 0 Å². The van der Waals surface area contributed by atoms with Crippen molar-refractivity contribution in [3.05, 3.63) is 75.8 Å². The molecule has 10 heteroatoms. The number of pyridine rings is 1. The molecule has 32 heavy (non-hydrogen) atoms. The number of rotatable bonds is 4. The molecule has 0 saturated heterocycles. The van der Waals surface area contributed by atoms with Crippen molar-refractivity contribution in [2.45, 2.75) is 37.3 Å². The molecule has 7 nitrogen and oxygen atoms in total. The van der Waals surface area contributed by atoms with E-state index in [2.05, 4.69) is 15.4 Å². The van der Waals surface area contributed by atoms with Gasteiger partial charge in [0.1, 0.15) is 11.7 Å². The van der Waals surface area contributed by atoms with Crippen LogP contribution >= 0.6 is 11.6 Å². The number of halogens is 3. The molecule has 0 aliphatic heterocycles. The summed E-state index contributed by atoms with van der Waals surface area (Å²) in [6.45, 7) is 0. The molecule has 2 heterocycles. The van der Waals surface area contributed by atoms with Gasteiger partial charge in [-0.05, 0) is 43.2 Å². The molecule has 2 aromatic heterocycles. The van der Waals surface area contributed by atoms with E-state index in [0.29, 0.717) is 22.0 Å². The van der Waals surface area contributed by atoms with Gasteiger partial charge in [0.25, 0.3) is 17.4 Å². The third kappa shape index (κ3) is 4.39. The van der Waals surface area contributed by atoms with E-state index in [4.69, 9.17) is 11.6 Å². The predicted octanol–water partition coefficient (Wildman–Crippen LogP) is 3.23. The minimum absolute atomic E-state index is 0.140. The molecule has 0 radical (unpaired) electrons. The van der Waals surface area contributed by atoms with E-state index in [0.717, 1.165) is 4.68 Å². The van der Waals surface area contributed by atoms with Crippen LogP contribution in [-0.4, -0.2) is 43.8 Å². The summed E-state index contributed by atoms with van der Waals surface area (Å²) in [5, 5.41) is 17.2. The molecule has 2 atom stereocenters. The molecule has 1 aliphatic rings. The summed E-state index contributed by atoms with van der Waals surface area (Å²) >= 11 is 5.95. The van der Waals surface area contributed by atoms with E-state index in [1.807, 2.05) is 0 Å². The molecule has 166 valence electrons. The number of aliphatic hydroxyl groups is 1. The number of carbonyl (C=O) groups excluding carboxylic acids is 1. The van der Waals surface area contributed by atoms with Crippen LogP contribution in [0.15, 0.2) is 59.7 Å². The quantitative estimate of drug-likeness (QED) is 0.623. The van der Waals surface area contributed by atoms with Crippen molar-refractivity contribution in [2.75, 3.05) is 0 Å². The fourth-order valence-corrected chi connectivity index (χ4v) is 3.75. The second-order valence-corrected chi connectivity index (χ2v) is 7.99. The van der Waals surface area contributed by atoms with Crippen molar-refractivity contribution < 1.29 is 18.7 Å². The standard InChI is InChI=1S/C22H19ClF2N4O3/c23-14-7-5-13(6-8-14)18-11-16(21(32)29(28-18)15-3-2-10-26-12-15)20(31)27-17-4-1-9-22(24,25)19(17)30/h2-3,5-8,10-12,17,19,30H,1,4,9H2,(H,27,31)/t17-,19+/m1/s1. The lowest BCUT2D eigenvalue weighted by Crippen LogP contribution is -2.54. The molecular weight excluding hydrogens is 442 g/mol. The minimum atomic E-state index is -3.31. The van der Waals surface area contributed by atoms with Gasteiger partial charge in [-0.1, -0.05) is 23.7 Å². The highest BCUT2D eigenvalue weighted by molar-refractivity contribution is 6.30. The zero-order valence-corrected chi connectivity index (χ0v) is 17.5. The topological polar surface area (TPSA) is 97.1 Å². The minimum Gasteiger partial charge on any atom is -0.385 e. The summed E-state index contributed by atoms with van der Waals surface area (Å²) in [5.41, 5.74) is 0.168. The highest BCUT2D eigenvalue weighted by Crippen LogP contribution is 2.33. The van der Waals surface area contributed by atoms with Crippen LogP contribution in [0.25, 0.3) is 16.9 Å². The number of benzene rings is 1. The second kappa shape index (κ2) is 8.76. The third-order valence-electron chi connectivity index (χ3n) is 5.34. The molecule has 2 N–H and O–H groups in total. The Kier molecular flexibility index (Phi) is 6.03. The first-order valence-electron chi connectivity index (χ1n) is 9.94. The molecule has 1 amide bonds. The number of alkyl halides is 2. The van der Waals surface area contributed by atoms with Crippen molar-refractivity contribution in [2.24, 2.45) is 0 Å². The lowest BCUT2D eigenvalue weighted by molar-refractivity contribution is -0.141. The van der Waals surface area contributed by atoms with E-state index in [1.165, 1.54) is 18.5 Å². The van der Waals surface area contributed by atoms with Gasteiger partial charge in [0, 0.05) is 23.2 Å². The van der Waals surface area contributed by atoms with Crippen LogP contribution in [0.2, 0.25) is 5.02 Å². The number of nitrogens with zero attached hydrogens (tertiary/aromatic N) is 3. The van der Waals surface area contributed by atoms with Gasteiger partial charge in [-0.2, -0.15) is 9.78 Å². The maximum atomic E-state index is 13.9. The summed E-state index contributed by atoms with van der Waals surface area (Å²) in [5.74, 6) is -4.18. The Morgan fingerprint density at radius 3 is 2.69 bits per heavy atom. The van der Waals surface area contributed by atoms with Gasteiger partial charge in [-0.15, -0.1) is 0 Å². The van der Waals surface area contributed by atoms with E-state index < -0.39 is 36.0 Å². The molecule has 0 bridgehead atoms. The van der Waals surface area contributed by atoms with Crippen molar-refractivity contribution in [3.63, 3.8) is 0 Å². The molecule has 4 rings (SSSR count). The number of amides is 1. The van der Waals surface area contributed by atoms with Gasteiger partial charge in [0.15, 0.2) is 0 Å². The zero-order chi connectivity index (χ0) is 22.9. The van der Waals surface area contributed by atoms with E-state index in [-0.39, 0.29) is 18.4 Å². The van der Waals surface area contributed by atoms with Gasteiger partial charge in [0.2, 0.25) is 0 Å². The monoisotopic (exact) mass is 460 g/mol. The van der Waals surface area contributed by atoms with E-state index in [1.54, 1.807) is 36.4 Å². The average Bonchev–Trinajstić information content (AvgIpc) is 2.78. The van der Waals surface area contributed by atoms with Crippen molar-refractivity contribution >= 4 is 17.5 Å². The third-order valence-corrected chi connectivity index (χ3v) is 5.59. The fraction of sp³-hybridized carbons (Fsp3) is 0.273. The molecule has 1 fully saturated rings. The number of hydrogen-bond donors (Lipinski definition) is 2. The lowest BCUT2D eigenvalue weighted by atomic mass is 9.89. The highest BCUT2D eigenvalue weighted by Gasteiger charge is 2.46. The summed E-state index contributed by atoms with van der Waals surface area (Å²) in [6, 6.07) is 9.95. The fourth-order valence-electron chi connectivity index (χ4n) is 3.63. The Hall–Kier alpha value is -3.17. The number of aliphatic hydroxyl groups excluding tert-OH is 1. The summed E-state index contributed by atoms with van der Waals surface area (Å²) in [4.78, 5) is 30.0. The smallest absolute Gasteiger partial charge is 0.284 e. The highest BCUT2D eigenvalue weighted by atomic mass is 35.5. The maximum absolute atomic E-state index is 13.9. The summed E-state index contributed by atoms with van der Waals surface area (Å²) < 4.78 is 28.8. The van der Waals surface area contributed by atoms with Crippen LogP contribution in [0, 0.1) is 0 Å². The van der Waals surface area contributed by atoms with Crippen molar-refractivity contribution in [1.29, 1.82) is 0 Å². The molecule has 1 aliphatic carbocycles. The van der Waals surface area contributed by atoms with Crippen LogP contribution in [-0.2, 0) is 0 Å². The van der Waals surface area contributed by atoms with Crippen LogP contribution in [0.4, 0.5) is 8.78 Å². The predicted molar refractivity (Wildman–Crippen MR) is 114 cm³/mol. The largest absolute Gasteiger partial charge is 0.385 e. The normalized spacial score (nSPS) is 20.0. The molecular formula is C22H19ClF2N4O3.